The van der Waals surface area contributed by atoms with Gasteiger partial charge < -0.3 is 10.5 Å². The molecule has 0 aliphatic carbocycles. The predicted molar refractivity (Wildman–Crippen MR) is 92.6 cm³/mol. The SMILES string of the molecule is N#Cc1c(OCc2ccc(F)cc2)nn(Cc2ccccc2Cl)c1N. The fourth-order valence-corrected chi connectivity index (χ4v) is 2.49. The van der Waals surface area contributed by atoms with E-state index in [1.807, 2.05) is 24.3 Å². The quantitative estimate of drug-likeness (QED) is 0.755. The van der Waals surface area contributed by atoms with E-state index < -0.39 is 0 Å². The smallest absolute Gasteiger partial charge is 0.253 e. The lowest BCUT2D eigenvalue weighted by molar-refractivity contribution is 0.289. The van der Waals surface area contributed by atoms with Gasteiger partial charge in [0.25, 0.3) is 5.88 Å². The first-order valence-electron chi connectivity index (χ1n) is 7.45. The third-order valence-corrected chi connectivity index (χ3v) is 4.01. The molecule has 0 aliphatic heterocycles. The van der Waals surface area contributed by atoms with Crippen molar-refractivity contribution in [3.05, 3.63) is 76.1 Å². The number of aromatic nitrogens is 2. The second-order valence-electron chi connectivity index (χ2n) is 5.34. The van der Waals surface area contributed by atoms with Gasteiger partial charge in [0.15, 0.2) is 5.56 Å². The lowest BCUT2D eigenvalue weighted by Crippen LogP contribution is -2.06. The zero-order valence-corrected chi connectivity index (χ0v) is 13.9. The van der Waals surface area contributed by atoms with Crippen LogP contribution in [0.2, 0.25) is 5.02 Å². The highest BCUT2D eigenvalue weighted by Gasteiger charge is 2.17. The number of nitrogens with two attached hydrogens (primary N) is 1. The first-order chi connectivity index (χ1) is 12.1. The van der Waals surface area contributed by atoms with Crippen LogP contribution >= 0.6 is 11.6 Å². The topological polar surface area (TPSA) is 76.9 Å². The zero-order chi connectivity index (χ0) is 17.8. The molecule has 25 heavy (non-hydrogen) atoms. The van der Waals surface area contributed by atoms with E-state index in [1.165, 1.54) is 16.8 Å². The van der Waals surface area contributed by atoms with Gasteiger partial charge in [-0.05, 0) is 29.3 Å². The van der Waals surface area contributed by atoms with E-state index in [4.69, 9.17) is 22.1 Å². The van der Waals surface area contributed by atoms with Crippen LogP contribution in [0.15, 0.2) is 48.5 Å². The molecule has 3 aromatic rings. The molecule has 7 heteroatoms. The van der Waals surface area contributed by atoms with E-state index >= 15 is 0 Å². The van der Waals surface area contributed by atoms with E-state index in [2.05, 4.69) is 5.10 Å². The molecule has 0 saturated heterocycles. The highest BCUT2D eigenvalue weighted by atomic mass is 35.5. The number of hydrogen-bond acceptors (Lipinski definition) is 4. The Morgan fingerprint density at radius 3 is 2.60 bits per heavy atom. The molecule has 0 fully saturated rings. The van der Waals surface area contributed by atoms with Crippen molar-refractivity contribution in [1.29, 1.82) is 5.26 Å². The average molecular weight is 357 g/mol. The first-order valence-corrected chi connectivity index (χ1v) is 7.83. The summed E-state index contributed by atoms with van der Waals surface area (Å²) in [5.74, 6) is 0.0163. The van der Waals surface area contributed by atoms with Crippen LogP contribution in [0.4, 0.5) is 10.2 Å². The van der Waals surface area contributed by atoms with Gasteiger partial charge in [-0.1, -0.05) is 41.9 Å². The number of rotatable bonds is 5. The molecule has 0 spiro atoms. The molecule has 0 bridgehead atoms. The van der Waals surface area contributed by atoms with Gasteiger partial charge in [-0.25, -0.2) is 9.07 Å². The molecule has 0 atom stereocenters. The van der Waals surface area contributed by atoms with Crippen LogP contribution in [-0.2, 0) is 13.2 Å². The third-order valence-electron chi connectivity index (χ3n) is 3.64. The molecule has 0 radical (unpaired) electrons. The summed E-state index contributed by atoms with van der Waals surface area (Å²) in [6, 6.07) is 15.2. The van der Waals surface area contributed by atoms with Crippen LogP contribution < -0.4 is 10.5 Å². The lowest BCUT2D eigenvalue weighted by Gasteiger charge is -2.06. The molecule has 1 aromatic heterocycles. The number of benzene rings is 2. The Morgan fingerprint density at radius 1 is 1.20 bits per heavy atom. The minimum absolute atomic E-state index is 0.136. The summed E-state index contributed by atoms with van der Waals surface area (Å²) in [7, 11) is 0. The van der Waals surface area contributed by atoms with Gasteiger partial charge in [-0.15, -0.1) is 5.10 Å². The van der Waals surface area contributed by atoms with Crippen LogP contribution in [0.1, 0.15) is 16.7 Å². The summed E-state index contributed by atoms with van der Waals surface area (Å²) in [5.41, 5.74) is 7.75. The molecular weight excluding hydrogens is 343 g/mol. The average Bonchev–Trinajstić information content (AvgIpc) is 2.91. The van der Waals surface area contributed by atoms with Crippen molar-refractivity contribution in [2.75, 3.05) is 5.73 Å². The highest BCUT2D eigenvalue weighted by molar-refractivity contribution is 6.31. The normalized spacial score (nSPS) is 10.4. The second-order valence-corrected chi connectivity index (χ2v) is 5.75. The molecule has 5 nitrogen and oxygen atoms in total. The highest BCUT2D eigenvalue weighted by Crippen LogP contribution is 2.26. The summed E-state index contributed by atoms with van der Waals surface area (Å²) >= 11 is 6.15. The van der Waals surface area contributed by atoms with Gasteiger partial charge in [-0.2, -0.15) is 5.26 Å². The zero-order valence-electron chi connectivity index (χ0n) is 13.1. The number of halogens is 2. The van der Waals surface area contributed by atoms with Crippen LogP contribution in [0.25, 0.3) is 0 Å². The van der Waals surface area contributed by atoms with Crippen molar-refractivity contribution in [1.82, 2.24) is 9.78 Å². The predicted octanol–water partition coefficient (Wildman–Crippen LogP) is 3.76. The fraction of sp³-hybridized carbons (Fsp3) is 0.111. The van der Waals surface area contributed by atoms with Crippen molar-refractivity contribution in [2.24, 2.45) is 0 Å². The maximum absolute atomic E-state index is 12.9. The van der Waals surface area contributed by atoms with Gasteiger partial charge in [0.1, 0.15) is 24.3 Å². The van der Waals surface area contributed by atoms with Gasteiger partial charge in [0.2, 0.25) is 0 Å². The van der Waals surface area contributed by atoms with Crippen molar-refractivity contribution in [2.45, 2.75) is 13.2 Å². The van der Waals surface area contributed by atoms with Gasteiger partial charge in [0, 0.05) is 5.02 Å². The monoisotopic (exact) mass is 356 g/mol. The second kappa shape index (κ2) is 7.24. The number of nitrogens with zero attached hydrogens (tertiary/aromatic N) is 3. The summed E-state index contributed by atoms with van der Waals surface area (Å²) in [6.45, 7) is 0.470. The third kappa shape index (κ3) is 3.73. The standard InChI is InChI=1S/C18H14ClFN4O/c19-16-4-2-1-3-13(16)10-24-17(22)15(9-21)18(23-24)25-11-12-5-7-14(20)8-6-12/h1-8H,10-11,22H2. The van der Waals surface area contributed by atoms with Gasteiger partial charge in [-0.3, -0.25) is 0 Å². The molecule has 2 N–H and O–H groups in total. The van der Waals surface area contributed by atoms with Gasteiger partial charge in [0.05, 0.1) is 6.54 Å². The van der Waals surface area contributed by atoms with Crippen LogP contribution in [0, 0.1) is 17.1 Å². The molecule has 1 heterocycles. The Hall–Kier alpha value is -3.04. The molecule has 0 amide bonds. The molecular formula is C18H14ClFN4O. The van der Waals surface area contributed by atoms with Crippen molar-refractivity contribution in [3.8, 4) is 11.9 Å². The summed E-state index contributed by atoms with van der Waals surface area (Å²) < 4.78 is 20.0. The molecule has 126 valence electrons. The Kier molecular flexibility index (Phi) is 4.87. The van der Waals surface area contributed by atoms with E-state index in [0.717, 1.165) is 11.1 Å². The number of ether oxygens (including phenoxy) is 1. The minimum Gasteiger partial charge on any atom is -0.471 e. The summed E-state index contributed by atoms with van der Waals surface area (Å²) in [6.07, 6.45) is 0. The number of hydrogen-bond donors (Lipinski definition) is 1. The van der Waals surface area contributed by atoms with Crippen LogP contribution in [-0.4, -0.2) is 9.78 Å². The lowest BCUT2D eigenvalue weighted by atomic mass is 10.2. The van der Waals surface area contributed by atoms with Crippen molar-refractivity contribution >= 4 is 17.4 Å². The first kappa shape index (κ1) is 16.8. The van der Waals surface area contributed by atoms with E-state index in [9.17, 15) is 9.65 Å². The van der Waals surface area contributed by atoms with Crippen molar-refractivity contribution < 1.29 is 9.13 Å². The molecule has 0 unspecified atom stereocenters. The summed E-state index contributed by atoms with van der Waals surface area (Å²) in [5, 5.41) is 14.2. The Morgan fingerprint density at radius 2 is 1.92 bits per heavy atom. The van der Waals surface area contributed by atoms with Gasteiger partial charge >= 0.3 is 0 Å². The fourth-order valence-electron chi connectivity index (χ4n) is 2.30. The van der Waals surface area contributed by atoms with E-state index in [1.54, 1.807) is 18.2 Å². The Balaban J connectivity index is 1.82. The molecule has 0 saturated carbocycles. The van der Waals surface area contributed by atoms with Crippen LogP contribution in [0.5, 0.6) is 5.88 Å². The largest absolute Gasteiger partial charge is 0.471 e. The molecule has 3 rings (SSSR count). The Bertz CT molecular complexity index is 931. The maximum Gasteiger partial charge on any atom is 0.253 e. The number of anilines is 1. The molecule has 2 aromatic carbocycles. The van der Waals surface area contributed by atoms with Crippen molar-refractivity contribution in [3.63, 3.8) is 0 Å². The minimum atomic E-state index is -0.324. The van der Waals surface area contributed by atoms with E-state index in [0.29, 0.717) is 11.6 Å². The Labute approximate surface area is 149 Å². The summed E-state index contributed by atoms with van der Waals surface area (Å²) in [4.78, 5) is 0. The maximum atomic E-state index is 12.9. The van der Waals surface area contributed by atoms with Crippen LogP contribution in [0.3, 0.4) is 0 Å². The van der Waals surface area contributed by atoms with E-state index in [-0.39, 0.29) is 29.7 Å². The number of nitrogen functional groups attached to an aromatic ring is 1. The number of nitriles is 1. The molecule has 0 aliphatic rings.